The van der Waals surface area contributed by atoms with Crippen molar-refractivity contribution in [3.63, 3.8) is 0 Å². The molecule has 3 aromatic carbocycles. The molecule has 1 heterocycles. The lowest BCUT2D eigenvalue weighted by Crippen LogP contribution is -1.84. The van der Waals surface area contributed by atoms with Gasteiger partial charge < -0.3 is 9.15 Å². The molecule has 0 bridgehead atoms. The normalized spacial score (nSPS) is 11.6. The predicted octanol–water partition coefficient (Wildman–Crippen LogP) is 6.52. The first-order chi connectivity index (χ1) is 11.8. The lowest BCUT2D eigenvalue weighted by Gasteiger charge is -2.07. The Labute approximate surface area is 144 Å². The van der Waals surface area contributed by atoms with Gasteiger partial charge in [0.25, 0.3) is 0 Å². The van der Waals surface area contributed by atoms with Crippen molar-refractivity contribution in [2.75, 3.05) is 7.11 Å². The maximum absolute atomic E-state index is 6.22. The van der Waals surface area contributed by atoms with Gasteiger partial charge in [0.05, 0.1) is 13.4 Å². The molecule has 0 spiro atoms. The van der Waals surface area contributed by atoms with Gasteiger partial charge in [-0.2, -0.15) is 0 Å². The number of ether oxygens (including phenoxy) is 1. The van der Waals surface area contributed by atoms with Gasteiger partial charge in [-0.05, 0) is 53.1 Å². The number of furan rings is 1. The monoisotopic (exact) mass is 334 g/mol. The summed E-state index contributed by atoms with van der Waals surface area (Å²) in [5, 5.41) is 2.92. The van der Waals surface area contributed by atoms with Crippen LogP contribution in [0.3, 0.4) is 0 Å². The van der Waals surface area contributed by atoms with Gasteiger partial charge in [-0.15, -0.1) is 0 Å². The third-order valence-electron chi connectivity index (χ3n) is 4.09. The average Bonchev–Trinajstić information content (AvgIpc) is 2.98. The number of methoxy groups -OCH3 is 1. The second kappa shape index (κ2) is 6.06. The zero-order chi connectivity index (χ0) is 16.5. The fourth-order valence-electron chi connectivity index (χ4n) is 2.96. The predicted molar refractivity (Wildman–Crippen MR) is 100 cm³/mol. The van der Waals surface area contributed by atoms with Crippen LogP contribution in [0.2, 0.25) is 5.02 Å². The number of halogens is 1. The zero-order valence-corrected chi connectivity index (χ0v) is 13.9. The van der Waals surface area contributed by atoms with Crippen LogP contribution in [0.5, 0.6) is 0 Å². The van der Waals surface area contributed by atoms with Crippen LogP contribution in [-0.2, 0) is 4.74 Å². The largest absolute Gasteiger partial charge is 0.504 e. The third-order valence-corrected chi connectivity index (χ3v) is 4.32. The minimum absolute atomic E-state index is 0.705. The number of rotatable bonds is 3. The van der Waals surface area contributed by atoms with Crippen LogP contribution in [0, 0.1) is 0 Å². The third kappa shape index (κ3) is 2.55. The van der Waals surface area contributed by atoms with Crippen LogP contribution in [0.15, 0.2) is 71.3 Å². The summed E-state index contributed by atoms with van der Waals surface area (Å²) in [7, 11) is 1.63. The van der Waals surface area contributed by atoms with Crippen molar-refractivity contribution in [1.82, 2.24) is 0 Å². The van der Waals surface area contributed by atoms with Gasteiger partial charge in [-0.25, -0.2) is 0 Å². The van der Waals surface area contributed by atoms with Crippen molar-refractivity contribution in [3.05, 3.63) is 77.5 Å². The standard InChI is InChI=1S/C21H15ClO2/c1-23-11-10-14-6-8-16(22)13-18(14)15-7-9-21-19(12-15)17-4-2-3-5-20(17)24-21/h2-13H,1H3/b11-10+. The van der Waals surface area contributed by atoms with E-state index < -0.39 is 0 Å². The summed E-state index contributed by atoms with van der Waals surface area (Å²) in [6.45, 7) is 0. The van der Waals surface area contributed by atoms with E-state index in [4.69, 9.17) is 20.8 Å². The molecule has 24 heavy (non-hydrogen) atoms. The van der Waals surface area contributed by atoms with Gasteiger partial charge in [0.1, 0.15) is 11.2 Å². The molecule has 0 aliphatic heterocycles. The first-order valence-corrected chi connectivity index (χ1v) is 8.04. The Morgan fingerprint density at radius 2 is 1.75 bits per heavy atom. The Kier molecular flexibility index (Phi) is 3.75. The van der Waals surface area contributed by atoms with Crippen molar-refractivity contribution >= 4 is 39.6 Å². The van der Waals surface area contributed by atoms with E-state index >= 15 is 0 Å². The van der Waals surface area contributed by atoms with E-state index in [0.29, 0.717) is 5.02 Å². The molecule has 118 valence electrons. The molecular formula is C21H15ClO2. The molecule has 4 rings (SSSR count). The van der Waals surface area contributed by atoms with Gasteiger partial charge in [-0.3, -0.25) is 0 Å². The van der Waals surface area contributed by atoms with Crippen LogP contribution in [0.25, 0.3) is 39.1 Å². The molecule has 0 saturated heterocycles. The maximum atomic E-state index is 6.22. The SMILES string of the molecule is CO/C=C/c1ccc(Cl)cc1-c1ccc2oc3ccccc3c2c1. The summed E-state index contributed by atoms with van der Waals surface area (Å²) in [5.41, 5.74) is 4.98. The van der Waals surface area contributed by atoms with E-state index in [1.54, 1.807) is 13.4 Å². The van der Waals surface area contributed by atoms with E-state index in [2.05, 4.69) is 18.2 Å². The highest BCUT2D eigenvalue weighted by atomic mass is 35.5. The molecule has 0 fully saturated rings. The molecule has 0 radical (unpaired) electrons. The fourth-order valence-corrected chi connectivity index (χ4v) is 3.13. The molecule has 3 heteroatoms. The van der Waals surface area contributed by atoms with Gasteiger partial charge in [-0.1, -0.05) is 41.9 Å². The Balaban J connectivity index is 1.95. The van der Waals surface area contributed by atoms with Gasteiger partial charge in [0.2, 0.25) is 0 Å². The Bertz CT molecular complexity index is 1060. The molecule has 0 atom stereocenters. The van der Waals surface area contributed by atoms with E-state index in [-0.39, 0.29) is 0 Å². The highest BCUT2D eigenvalue weighted by molar-refractivity contribution is 6.31. The molecule has 0 aliphatic rings. The average molecular weight is 335 g/mol. The van der Waals surface area contributed by atoms with E-state index in [1.807, 2.05) is 48.5 Å². The summed E-state index contributed by atoms with van der Waals surface area (Å²) in [5.74, 6) is 0. The number of para-hydroxylation sites is 1. The molecule has 0 unspecified atom stereocenters. The van der Waals surface area contributed by atoms with Gasteiger partial charge in [0, 0.05) is 15.8 Å². The Morgan fingerprint density at radius 1 is 0.917 bits per heavy atom. The summed E-state index contributed by atoms with van der Waals surface area (Å²) in [6, 6.07) is 20.1. The lowest BCUT2D eigenvalue weighted by atomic mass is 9.98. The highest BCUT2D eigenvalue weighted by Gasteiger charge is 2.10. The van der Waals surface area contributed by atoms with Crippen molar-refractivity contribution in [1.29, 1.82) is 0 Å². The zero-order valence-electron chi connectivity index (χ0n) is 13.1. The highest BCUT2D eigenvalue weighted by Crippen LogP contribution is 2.34. The van der Waals surface area contributed by atoms with Crippen molar-refractivity contribution < 1.29 is 9.15 Å². The van der Waals surface area contributed by atoms with Crippen molar-refractivity contribution in [2.45, 2.75) is 0 Å². The van der Waals surface area contributed by atoms with Crippen LogP contribution in [0.4, 0.5) is 0 Å². The first-order valence-electron chi connectivity index (χ1n) is 7.67. The summed E-state index contributed by atoms with van der Waals surface area (Å²) in [4.78, 5) is 0. The van der Waals surface area contributed by atoms with Crippen molar-refractivity contribution in [3.8, 4) is 11.1 Å². The van der Waals surface area contributed by atoms with Crippen molar-refractivity contribution in [2.24, 2.45) is 0 Å². The molecule has 0 aliphatic carbocycles. The number of hydrogen-bond acceptors (Lipinski definition) is 2. The molecule has 0 saturated carbocycles. The van der Waals surface area contributed by atoms with Gasteiger partial charge >= 0.3 is 0 Å². The van der Waals surface area contributed by atoms with E-state index in [1.165, 1.54) is 0 Å². The molecular weight excluding hydrogens is 320 g/mol. The number of hydrogen-bond donors (Lipinski definition) is 0. The topological polar surface area (TPSA) is 22.4 Å². The van der Waals surface area contributed by atoms with E-state index in [0.717, 1.165) is 38.6 Å². The Hall–Kier alpha value is -2.71. The molecule has 0 N–H and O–H groups in total. The Morgan fingerprint density at radius 3 is 2.62 bits per heavy atom. The number of benzene rings is 3. The van der Waals surface area contributed by atoms with E-state index in [9.17, 15) is 0 Å². The quantitative estimate of drug-likeness (QED) is 0.398. The summed E-state index contributed by atoms with van der Waals surface area (Å²) in [6.07, 6.45) is 3.60. The summed E-state index contributed by atoms with van der Waals surface area (Å²) >= 11 is 6.22. The second-order valence-corrected chi connectivity index (χ2v) is 6.02. The second-order valence-electron chi connectivity index (χ2n) is 5.58. The number of fused-ring (bicyclic) bond motifs is 3. The van der Waals surface area contributed by atoms with Crippen LogP contribution >= 0.6 is 11.6 Å². The molecule has 4 aromatic rings. The minimum atomic E-state index is 0.705. The first kappa shape index (κ1) is 14.9. The smallest absolute Gasteiger partial charge is 0.135 e. The minimum Gasteiger partial charge on any atom is -0.504 e. The van der Waals surface area contributed by atoms with Crippen LogP contribution < -0.4 is 0 Å². The summed E-state index contributed by atoms with van der Waals surface area (Å²) < 4.78 is 11.0. The molecule has 2 nitrogen and oxygen atoms in total. The van der Waals surface area contributed by atoms with Gasteiger partial charge in [0.15, 0.2) is 0 Å². The van der Waals surface area contributed by atoms with Crippen LogP contribution in [-0.4, -0.2) is 7.11 Å². The van der Waals surface area contributed by atoms with Crippen LogP contribution in [0.1, 0.15) is 5.56 Å². The lowest BCUT2D eigenvalue weighted by molar-refractivity contribution is 0.341. The molecule has 0 amide bonds. The molecule has 1 aromatic heterocycles. The fraction of sp³-hybridized carbons (Fsp3) is 0.0476. The maximum Gasteiger partial charge on any atom is 0.135 e.